The number of hydrogen-bond acceptors (Lipinski definition) is 5. The highest BCUT2D eigenvalue weighted by Crippen LogP contribution is 2.32. The SMILES string of the molecule is CCSC1CCC(Nc2nc(C)c(C(=O)O)s2)C1. The minimum Gasteiger partial charge on any atom is -0.477 e. The molecule has 1 aromatic rings. The number of carboxylic acids is 1. The Morgan fingerprint density at radius 2 is 2.39 bits per heavy atom. The van der Waals surface area contributed by atoms with Crippen molar-refractivity contribution in [2.24, 2.45) is 0 Å². The summed E-state index contributed by atoms with van der Waals surface area (Å²) in [5, 5.41) is 13.9. The van der Waals surface area contributed by atoms with Gasteiger partial charge in [0.15, 0.2) is 5.13 Å². The quantitative estimate of drug-likeness (QED) is 0.870. The van der Waals surface area contributed by atoms with Gasteiger partial charge in [0.05, 0.1) is 5.69 Å². The molecule has 2 rings (SSSR count). The van der Waals surface area contributed by atoms with E-state index in [-0.39, 0.29) is 0 Å². The van der Waals surface area contributed by atoms with E-state index in [0.29, 0.717) is 16.6 Å². The van der Waals surface area contributed by atoms with Gasteiger partial charge in [-0.1, -0.05) is 18.3 Å². The van der Waals surface area contributed by atoms with Crippen LogP contribution < -0.4 is 5.32 Å². The van der Waals surface area contributed by atoms with Crippen LogP contribution in [0.1, 0.15) is 41.6 Å². The van der Waals surface area contributed by atoms with Crippen molar-refractivity contribution in [1.82, 2.24) is 4.98 Å². The van der Waals surface area contributed by atoms with E-state index >= 15 is 0 Å². The van der Waals surface area contributed by atoms with Crippen molar-refractivity contribution in [1.29, 1.82) is 0 Å². The molecule has 100 valence electrons. The van der Waals surface area contributed by atoms with Crippen LogP contribution in [0.15, 0.2) is 0 Å². The zero-order valence-electron chi connectivity index (χ0n) is 10.6. The van der Waals surface area contributed by atoms with E-state index < -0.39 is 5.97 Å². The summed E-state index contributed by atoms with van der Waals surface area (Å²) in [5.74, 6) is 0.278. The molecule has 18 heavy (non-hydrogen) atoms. The molecule has 1 heterocycles. The van der Waals surface area contributed by atoms with Crippen molar-refractivity contribution < 1.29 is 9.90 Å². The number of aromatic nitrogens is 1. The molecule has 0 saturated heterocycles. The van der Waals surface area contributed by atoms with Gasteiger partial charge in [-0.05, 0) is 31.9 Å². The smallest absolute Gasteiger partial charge is 0.347 e. The summed E-state index contributed by atoms with van der Waals surface area (Å²) in [5.41, 5.74) is 0.604. The minimum atomic E-state index is -0.885. The van der Waals surface area contributed by atoms with Gasteiger partial charge < -0.3 is 10.4 Å². The zero-order valence-corrected chi connectivity index (χ0v) is 12.2. The number of carboxylic acid groups (broad SMARTS) is 1. The van der Waals surface area contributed by atoms with E-state index in [0.717, 1.165) is 29.0 Å². The van der Waals surface area contributed by atoms with Crippen LogP contribution in [0.5, 0.6) is 0 Å². The summed E-state index contributed by atoms with van der Waals surface area (Å²) < 4.78 is 0. The molecule has 4 nitrogen and oxygen atoms in total. The molecule has 1 fully saturated rings. The van der Waals surface area contributed by atoms with Crippen molar-refractivity contribution in [3.8, 4) is 0 Å². The van der Waals surface area contributed by atoms with Crippen LogP contribution in [0.4, 0.5) is 5.13 Å². The standard InChI is InChI=1S/C12H18N2O2S2/c1-3-17-9-5-4-8(6-9)14-12-13-7(2)10(18-12)11(15)16/h8-9H,3-6H2,1-2H3,(H,13,14)(H,15,16). The molecular formula is C12H18N2O2S2. The van der Waals surface area contributed by atoms with Gasteiger partial charge in [-0.15, -0.1) is 0 Å². The molecule has 0 spiro atoms. The first-order valence-corrected chi connectivity index (χ1v) is 8.05. The second-order valence-electron chi connectivity index (χ2n) is 4.47. The van der Waals surface area contributed by atoms with Gasteiger partial charge in [-0.25, -0.2) is 9.78 Å². The molecule has 0 aromatic carbocycles. The van der Waals surface area contributed by atoms with Crippen LogP contribution in [0.25, 0.3) is 0 Å². The Morgan fingerprint density at radius 1 is 1.61 bits per heavy atom. The lowest BCUT2D eigenvalue weighted by atomic mass is 10.3. The monoisotopic (exact) mass is 286 g/mol. The van der Waals surface area contributed by atoms with Crippen LogP contribution >= 0.6 is 23.1 Å². The van der Waals surface area contributed by atoms with E-state index in [1.54, 1.807) is 6.92 Å². The normalized spacial score (nSPS) is 23.2. The van der Waals surface area contributed by atoms with Gasteiger partial charge in [0.25, 0.3) is 0 Å². The van der Waals surface area contributed by atoms with Crippen molar-refractivity contribution >= 4 is 34.2 Å². The van der Waals surface area contributed by atoms with E-state index in [4.69, 9.17) is 5.11 Å². The Morgan fingerprint density at radius 3 is 3.00 bits per heavy atom. The number of aromatic carboxylic acids is 1. The third kappa shape index (κ3) is 3.17. The molecule has 1 aliphatic rings. The lowest BCUT2D eigenvalue weighted by Gasteiger charge is -2.11. The van der Waals surface area contributed by atoms with Gasteiger partial charge in [0.1, 0.15) is 4.88 Å². The van der Waals surface area contributed by atoms with Crippen LogP contribution in [-0.2, 0) is 0 Å². The Labute approximate surface area is 115 Å². The first kappa shape index (κ1) is 13.7. The number of thiazole rings is 1. The summed E-state index contributed by atoms with van der Waals surface area (Å²) in [4.78, 5) is 15.6. The summed E-state index contributed by atoms with van der Waals surface area (Å²) in [6.45, 7) is 3.93. The topological polar surface area (TPSA) is 62.2 Å². The van der Waals surface area contributed by atoms with Crippen molar-refractivity contribution in [3.63, 3.8) is 0 Å². The summed E-state index contributed by atoms with van der Waals surface area (Å²) >= 11 is 3.26. The second kappa shape index (κ2) is 5.93. The number of aryl methyl sites for hydroxylation is 1. The molecule has 1 aromatic heterocycles. The van der Waals surface area contributed by atoms with E-state index in [9.17, 15) is 4.79 Å². The maximum Gasteiger partial charge on any atom is 0.347 e. The Bertz CT molecular complexity index is 434. The lowest BCUT2D eigenvalue weighted by Crippen LogP contribution is -2.15. The average Bonchev–Trinajstić information content (AvgIpc) is 2.87. The number of rotatable bonds is 5. The number of hydrogen-bond donors (Lipinski definition) is 2. The fourth-order valence-electron chi connectivity index (χ4n) is 2.29. The van der Waals surface area contributed by atoms with E-state index in [2.05, 4.69) is 17.2 Å². The number of nitrogens with zero attached hydrogens (tertiary/aromatic N) is 1. The molecule has 0 amide bonds. The molecular weight excluding hydrogens is 268 g/mol. The molecule has 6 heteroatoms. The van der Waals surface area contributed by atoms with Crippen molar-refractivity contribution in [2.45, 2.75) is 44.4 Å². The maximum absolute atomic E-state index is 10.9. The Hall–Kier alpha value is -0.750. The molecule has 1 aliphatic carbocycles. The first-order chi connectivity index (χ1) is 8.60. The number of carbonyl (C=O) groups is 1. The summed E-state index contributed by atoms with van der Waals surface area (Å²) in [6.07, 6.45) is 3.55. The molecule has 2 unspecified atom stereocenters. The van der Waals surface area contributed by atoms with Crippen LogP contribution in [-0.4, -0.2) is 33.1 Å². The lowest BCUT2D eigenvalue weighted by molar-refractivity contribution is 0.0701. The van der Waals surface area contributed by atoms with Crippen LogP contribution in [0.3, 0.4) is 0 Å². The fourth-order valence-corrected chi connectivity index (χ4v) is 4.31. The van der Waals surface area contributed by atoms with Gasteiger partial charge in [-0.2, -0.15) is 11.8 Å². The molecule has 2 atom stereocenters. The second-order valence-corrected chi connectivity index (χ2v) is 7.05. The van der Waals surface area contributed by atoms with Gasteiger partial charge in [0.2, 0.25) is 0 Å². The Kier molecular flexibility index (Phi) is 4.50. The maximum atomic E-state index is 10.9. The highest BCUT2D eigenvalue weighted by Gasteiger charge is 2.25. The predicted octanol–water partition coefficient (Wildman–Crippen LogP) is 3.24. The third-order valence-electron chi connectivity index (χ3n) is 3.11. The Balaban J connectivity index is 1.94. The average molecular weight is 286 g/mol. The largest absolute Gasteiger partial charge is 0.477 e. The highest BCUT2D eigenvalue weighted by atomic mass is 32.2. The van der Waals surface area contributed by atoms with E-state index in [1.807, 2.05) is 11.8 Å². The van der Waals surface area contributed by atoms with Gasteiger partial charge in [0, 0.05) is 11.3 Å². The minimum absolute atomic E-state index is 0.343. The van der Waals surface area contributed by atoms with Crippen molar-refractivity contribution in [3.05, 3.63) is 10.6 Å². The van der Waals surface area contributed by atoms with E-state index in [1.165, 1.54) is 17.8 Å². The third-order valence-corrected chi connectivity index (χ3v) is 5.41. The number of nitrogens with one attached hydrogen (secondary N) is 1. The molecule has 1 saturated carbocycles. The zero-order chi connectivity index (χ0) is 13.1. The fraction of sp³-hybridized carbons (Fsp3) is 0.667. The molecule has 0 bridgehead atoms. The molecule has 0 aliphatic heterocycles. The predicted molar refractivity (Wildman–Crippen MR) is 77.0 cm³/mol. The first-order valence-electron chi connectivity index (χ1n) is 6.19. The van der Waals surface area contributed by atoms with Gasteiger partial charge >= 0.3 is 5.97 Å². The molecule has 0 radical (unpaired) electrons. The summed E-state index contributed by atoms with van der Waals surface area (Å²) in [7, 11) is 0. The van der Waals surface area contributed by atoms with Crippen LogP contribution in [0.2, 0.25) is 0 Å². The van der Waals surface area contributed by atoms with Crippen LogP contribution in [0, 0.1) is 6.92 Å². The number of anilines is 1. The summed E-state index contributed by atoms with van der Waals surface area (Å²) in [6, 6.07) is 0.446. The van der Waals surface area contributed by atoms with Gasteiger partial charge in [-0.3, -0.25) is 0 Å². The highest BCUT2D eigenvalue weighted by molar-refractivity contribution is 7.99. The molecule has 2 N–H and O–H groups in total. The number of thioether (sulfide) groups is 1. The van der Waals surface area contributed by atoms with Crippen molar-refractivity contribution in [2.75, 3.05) is 11.1 Å².